The van der Waals surface area contributed by atoms with Gasteiger partial charge in [0, 0.05) is 13.9 Å². The highest BCUT2D eigenvalue weighted by atomic mass is 79.9. The van der Waals surface area contributed by atoms with E-state index >= 15 is 0 Å². The third-order valence-corrected chi connectivity index (χ3v) is 10.3. The summed E-state index contributed by atoms with van der Waals surface area (Å²) in [5.41, 5.74) is 0. The molecule has 0 radical (unpaired) electrons. The molecule has 0 aromatic heterocycles. The zero-order valence-corrected chi connectivity index (χ0v) is 24.4. The standard InChI is InChI=1S/C25H54P.BrH.H3P/c1-5-8-11-14-17-20-23-26(4,24-21-18-15-12-9-6-2)25-22-19-16-13-10-7-3;;/h5-25H2,1-4H3;1H;1H3/q+1;;. The normalized spacial score (nSPS) is 11.1. The van der Waals surface area contributed by atoms with Gasteiger partial charge in [-0.3, -0.25) is 0 Å². The van der Waals surface area contributed by atoms with Crippen LogP contribution in [0.25, 0.3) is 0 Å². The fraction of sp³-hybridized carbons (Fsp3) is 1.00. The maximum absolute atomic E-state index is 2.73. The monoisotopic (exact) mass is 499 g/mol. The van der Waals surface area contributed by atoms with E-state index in [9.17, 15) is 0 Å². The van der Waals surface area contributed by atoms with Gasteiger partial charge < -0.3 is 0 Å². The Morgan fingerprint density at radius 1 is 0.393 bits per heavy atom. The third-order valence-electron chi connectivity index (χ3n) is 6.15. The molecule has 1 unspecified atom stereocenters. The summed E-state index contributed by atoms with van der Waals surface area (Å²) in [5, 5.41) is 0. The van der Waals surface area contributed by atoms with E-state index in [1.807, 2.05) is 0 Å². The third kappa shape index (κ3) is 23.6. The molecule has 174 valence electrons. The Morgan fingerprint density at radius 2 is 0.607 bits per heavy atom. The van der Waals surface area contributed by atoms with Crippen LogP contribution in [0.15, 0.2) is 0 Å². The number of hydrogen-bond donors (Lipinski definition) is 0. The van der Waals surface area contributed by atoms with Crippen molar-refractivity contribution in [2.24, 2.45) is 0 Å². The molecule has 0 aliphatic heterocycles. The van der Waals surface area contributed by atoms with Crippen LogP contribution in [0.1, 0.15) is 136 Å². The lowest BCUT2D eigenvalue weighted by molar-refractivity contribution is 0.616. The van der Waals surface area contributed by atoms with Gasteiger partial charge in [-0.25, -0.2) is 0 Å². The zero-order chi connectivity index (χ0) is 19.3. The molecule has 0 N–H and O–H groups in total. The van der Waals surface area contributed by atoms with Gasteiger partial charge in [-0.2, -0.15) is 9.90 Å². The molecule has 0 saturated heterocycles. The molecule has 0 aromatic rings. The molecule has 0 aliphatic carbocycles. The minimum Gasteiger partial charge on any atom is -0.153 e. The average molecular weight is 501 g/mol. The van der Waals surface area contributed by atoms with Crippen LogP contribution in [0.2, 0.25) is 0 Å². The lowest BCUT2D eigenvalue weighted by atomic mass is 10.1. The number of halogens is 1. The quantitative estimate of drug-likeness (QED) is 0.109. The minimum atomic E-state index is -0.636. The van der Waals surface area contributed by atoms with Crippen molar-refractivity contribution in [3.8, 4) is 0 Å². The highest BCUT2D eigenvalue weighted by molar-refractivity contribution is 8.93. The van der Waals surface area contributed by atoms with E-state index in [-0.39, 0.29) is 26.9 Å². The Balaban J connectivity index is -0.00000312. The van der Waals surface area contributed by atoms with Crippen LogP contribution >= 0.6 is 34.1 Å². The van der Waals surface area contributed by atoms with Crippen molar-refractivity contribution in [2.75, 3.05) is 25.2 Å². The van der Waals surface area contributed by atoms with Crippen LogP contribution in [-0.2, 0) is 0 Å². The second-order valence-corrected chi connectivity index (χ2v) is 13.7. The van der Waals surface area contributed by atoms with Gasteiger partial charge in [0.05, 0.1) is 18.5 Å². The first kappa shape index (κ1) is 34.0. The highest BCUT2D eigenvalue weighted by Gasteiger charge is 2.29. The van der Waals surface area contributed by atoms with E-state index in [1.165, 1.54) is 116 Å². The smallest absolute Gasteiger partial charge is 0.0591 e. The first-order chi connectivity index (χ1) is 12.7. The van der Waals surface area contributed by atoms with Gasteiger partial charge in [0.2, 0.25) is 0 Å². The van der Waals surface area contributed by atoms with E-state index < -0.39 is 7.26 Å². The Bertz CT molecular complexity index is 230. The summed E-state index contributed by atoms with van der Waals surface area (Å²) in [6.45, 7) is 9.70. The highest BCUT2D eigenvalue weighted by Crippen LogP contribution is 2.57. The molecular weight excluding hydrogens is 442 g/mol. The van der Waals surface area contributed by atoms with Gasteiger partial charge in [0.1, 0.15) is 0 Å². The van der Waals surface area contributed by atoms with E-state index in [0.29, 0.717) is 0 Å². The lowest BCUT2D eigenvalue weighted by Crippen LogP contribution is -2.08. The van der Waals surface area contributed by atoms with Crippen LogP contribution in [0.4, 0.5) is 0 Å². The molecule has 0 heterocycles. The molecule has 0 spiro atoms. The molecule has 1 atom stereocenters. The summed E-state index contributed by atoms with van der Waals surface area (Å²) >= 11 is 0. The molecule has 3 heteroatoms. The molecule has 0 bridgehead atoms. The first-order valence-electron chi connectivity index (χ1n) is 12.5. The fourth-order valence-corrected chi connectivity index (χ4v) is 7.79. The second kappa shape index (κ2) is 26.4. The van der Waals surface area contributed by atoms with E-state index in [4.69, 9.17) is 0 Å². The van der Waals surface area contributed by atoms with Crippen molar-refractivity contribution in [2.45, 2.75) is 136 Å². The number of hydrogen-bond acceptors (Lipinski definition) is 0. The van der Waals surface area contributed by atoms with Gasteiger partial charge in [0.25, 0.3) is 0 Å². The van der Waals surface area contributed by atoms with Crippen LogP contribution in [0.5, 0.6) is 0 Å². The van der Waals surface area contributed by atoms with Crippen molar-refractivity contribution in [1.82, 2.24) is 0 Å². The molecule has 0 saturated carbocycles. The molecule has 0 fully saturated rings. The summed E-state index contributed by atoms with van der Waals surface area (Å²) in [7, 11) is -0.636. The van der Waals surface area contributed by atoms with Gasteiger partial charge in [-0.15, -0.1) is 17.0 Å². The first-order valence-corrected chi connectivity index (χ1v) is 15.3. The lowest BCUT2D eigenvalue weighted by Gasteiger charge is -2.24. The van der Waals surface area contributed by atoms with Crippen molar-refractivity contribution >= 4 is 34.1 Å². The Hall–Kier alpha value is 1.34. The minimum absolute atomic E-state index is 0. The second-order valence-electron chi connectivity index (χ2n) is 9.09. The summed E-state index contributed by atoms with van der Waals surface area (Å²) in [6.07, 6.45) is 31.2. The molecule has 0 amide bonds. The largest absolute Gasteiger partial charge is 0.153 e. The number of rotatable bonds is 21. The van der Waals surface area contributed by atoms with Crippen molar-refractivity contribution < 1.29 is 0 Å². The van der Waals surface area contributed by atoms with Crippen molar-refractivity contribution in [3.63, 3.8) is 0 Å². The Morgan fingerprint density at radius 3 is 0.857 bits per heavy atom. The van der Waals surface area contributed by atoms with Crippen LogP contribution in [0.3, 0.4) is 0 Å². The maximum Gasteiger partial charge on any atom is 0.0591 e. The van der Waals surface area contributed by atoms with E-state index in [1.54, 1.807) is 18.5 Å². The van der Waals surface area contributed by atoms with Gasteiger partial charge in [-0.1, -0.05) is 97.8 Å². The summed E-state index contributed by atoms with van der Waals surface area (Å²) in [5.74, 6) is 0. The van der Waals surface area contributed by atoms with Crippen LogP contribution in [-0.4, -0.2) is 25.2 Å². The summed E-state index contributed by atoms with van der Waals surface area (Å²) in [4.78, 5) is 0. The van der Waals surface area contributed by atoms with Gasteiger partial charge in [-0.05, 0) is 38.5 Å². The van der Waals surface area contributed by atoms with Crippen LogP contribution in [0, 0.1) is 0 Å². The summed E-state index contributed by atoms with van der Waals surface area (Å²) in [6, 6.07) is 0. The van der Waals surface area contributed by atoms with Crippen LogP contribution < -0.4 is 0 Å². The fourth-order valence-electron chi connectivity index (χ4n) is 4.16. The molecule has 0 aliphatic rings. The van der Waals surface area contributed by atoms with Gasteiger partial charge >= 0.3 is 0 Å². The Labute approximate surface area is 195 Å². The maximum atomic E-state index is 2.73. The van der Waals surface area contributed by atoms with E-state index in [0.717, 1.165) is 0 Å². The van der Waals surface area contributed by atoms with E-state index in [2.05, 4.69) is 27.4 Å². The SMILES string of the molecule is Br.CCCCCCCC[P+](C)(CCCCCCCC)CCCCCCCC.P. The average Bonchev–Trinajstić information content (AvgIpc) is 2.64. The predicted octanol–water partition coefficient (Wildman–Crippen LogP) is 10.4. The molecule has 28 heavy (non-hydrogen) atoms. The number of unbranched alkanes of at least 4 members (excludes halogenated alkanes) is 15. The van der Waals surface area contributed by atoms with Crippen molar-refractivity contribution in [1.29, 1.82) is 0 Å². The molecule has 0 nitrogen and oxygen atoms in total. The van der Waals surface area contributed by atoms with Crippen molar-refractivity contribution in [3.05, 3.63) is 0 Å². The topological polar surface area (TPSA) is 0 Å². The summed E-state index contributed by atoms with van der Waals surface area (Å²) < 4.78 is 0. The van der Waals surface area contributed by atoms with Gasteiger partial charge in [0.15, 0.2) is 0 Å². The molecular formula is C25H58BrP2+. The Kier molecular flexibility index (Phi) is 32.0. The zero-order valence-electron chi connectivity index (χ0n) is 20.4. The molecule has 0 aromatic carbocycles. The predicted molar refractivity (Wildman–Crippen MR) is 149 cm³/mol. The molecule has 0 rings (SSSR count).